The van der Waals surface area contributed by atoms with Gasteiger partial charge in [-0.3, -0.25) is 10.1 Å². The van der Waals surface area contributed by atoms with E-state index in [2.05, 4.69) is 10.0 Å². The minimum atomic E-state index is -3.91. The first kappa shape index (κ1) is 20.8. The van der Waals surface area contributed by atoms with Crippen molar-refractivity contribution in [3.8, 4) is 0 Å². The van der Waals surface area contributed by atoms with E-state index in [0.717, 1.165) is 13.0 Å². The van der Waals surface area contributed by atoms with Crippen LogP contribution >= 0.6 is 12.4 Å². The van der Waals surface area contributed by atoms with Crippen molar-refractivity contribution >= 4 is 28.1 Å². The lowest BCUT2D eigenvalue weighted by molar-refractivity contribution is -0.388. The SMILES string of the molecule is CCCNCCNS(=O)(=O)c1c(C)ccc(C)c1[N+](=O)[O-].Cl. The van der Waals surface area contributed by atoms with Gasteiger partial charge in [0.1, 0.15) is 0 Å². The highest BCUT2D eigenvalue weighted by Crippen LogP contribution is 2.30. The molecule has 0 amide bonds. The Hall–Kier alpha value is -1.22. The molecule has 1 aromatic carbocycles. The van der Waals surface area contributed by atoms with Gasteiger partial charge in [-0.25, -0.2) is 13.1 Å². The molecule has 22 heavy (non-hydrogen) atoms. The van der Waals surface area contributed by atoms with E-state index >= 15 is 0 Å². The highest BCUT2D eigenvalue weighted by Gasteiger charge is 2.29. The van der Waals surface area contributed by atoms with Gasteiger partial charge in [0.05, 0.1) is 4.92 Å². The Morgan fingerprint density at radius 3 is 2.27 bits per heavy atom. The Bertz CT molecular complexity index is 620. The average molecular weight is 352 g/mol. The third kappa shape index (κ3) is 5.20. The Morgan fingerprint density at radius 1 is 1.14 bits per heavy atom. The van der Waals surface area contributed by atoms with Gasteiger partial charge in [0.15, 0.2) is 4.90 Å². The Labute approximate surface area is 137 Å². The van der Waals surface area contributed by atoms with Gasteiger partial charge in [-0.05, 0) is 32.4 Å². The lowest BCUT2D eigenvalue weighted by atomic mass is 10.1. The van der Waals surface area contributed by atoms with E-state index in [1.807, 2.05) is 6.92 Å². The number of nitrogens with one attached hydrogen (secondary N) is 2. The zero-order valence-corrected chi connectivity index (χ0v) is 14.5. The second-order valence-electron chi connectivity index (χ2n) is 4.78. The van der Waals surface area contributed by atoms with Gasteiger partial charge in [0.2, 0.25) is 10.0 Å². The van der Waals surface area contributed by atoms with Crippen LogP contribution in [0.1, 0.15) is 24.5 Å². The average Bonchev–Trinajstić information content (AvgIpc) is 2.40. The third-order valence-electron chi connectivity index (χ3n) is 3.00. The number of nitro groups is 1. The lowest BCUT2D eigenvalue weighted by Gasteiger charge is -2.11. The molecule has 0 aliphatic carbocycles. The topological polar surface area (TPSA) is 101 Å². The predicted molar refractivity (Wildman–Crippen MR) is 88.2 cm³/mol. The van der Waals surface area contributed by atoms with Crippen molar-refractivity contribution in [2.45, 2.75) is 32.1 Å². The van der Waals surface area contributed by atoms with Crippen LogP contribution in [0, 0.1) is 24.0 Å². The van der Waals surface area contributed by atoms with Crippen molar-refractivity contribution in [2.75, 3.05) is 19.6 Å². The molecule has 126 valence electrons. The molecule has 0 aliphatic heterocycles. The minimum absolute atomic E-state index is 0. The fourth-order valence-electron chi connectivity index (χ4n) is 1.98. The summed E-state index contributed by atoms with van der Waals surface area (Å²) < 4.78 is 27.0. The van der Waals surface area contributed by atoms with Crippen molar-refractivity contribution in [1.82, 2.24) is 10.0 Å². The molecular weight excluding hydrogens is 330 g/mol. The van der Waals surface area contributed by atoms with E-state index in [0.29, 0.717) is 17.7 Å². The van der Waals surface area contributed by atoms with E-state index in [4.69, 9.17) is 0 Å². The van der Waals surface area contributed by atoms with Gasteiger partial charge in [0, 0.05) is 18.7 Å². The molecule has 0 unspecified atom stereocenters. The molecule has 1 aromatic rings. The first-order valence-electron chi connectivity index (χ1n) is 6.76. The van der Waals surface area contributed by atoms with Crippen molar-refractivity contribution in [3.05, 3.63) is 33.4 Å². The molecule has 0 saturated carbocycles. The molecule has 0 heterocycles. The summed E-state index contributed by atoms with van der Waals surface area (Å²) in [6.45, 7) is 6.55. The zero-order chi connectivity index (χ0) is 16.0. The molecule has 9 heteroatoms. The van der Waals surface area contributed by atoms with Gasteiger partial charge in [-0.2, -0.15) is 0 Å². The summed E-state index contributed by atoms with van der Waals surface area (Å²) in [7, 11) is -3.91. The number of nitrogens with zero attached hydrogens (tertiary/aromatic N) is 1. The molecule has 0 saturated heterocycles. The van der Waals surface area contributed by atoms with Crippen LogP contribution in [0.5, 0.6) is 0 Å². The molecule has 0 bridgehead atoms. The molecular formula is C13H22ClN3O4S. The third-order valence-corrected chi connectivity index (χ3v) is 4.64. The maximum Gasteiger partial charge on any atom is 0.292 e. The molecule has 7 nitrogen and oxygen atoms in total. The quantitative estimate of drug-likeness (QED) is 0.423. The maximum atomic E-state index is 12.3. The molecule has 0 atom stereocenters. The van der Waals surface area contributed by atoms with Crippen LogP contribution in [-0.4, -0.2) is 33.0 Å². The summed E-state index contributed by atoms with van der Waals surface area (Å²) in [6, 6.07) is 3.13. The second kappa shape index (κ2) is 9.04. The molecule has 0 aromatic heterocycles. The van der Waals surface area contributed by atoms with Crippen LogP contribution in [0.2, 0.25) is 0 Å². The second-order valence-corrected chi connectivity index (χ2v) is 6.49. The molecule has 1 rings (SSSR count). The standard InChI is InChI=1S/C13H21N3O4S.ClH/c1-4-7-14-8-9-15-21(19,20)13-11(3)6-5-10(2)12(13)16(17)18;/h5-6,14-15H,4,7-9H2,1-3H3;1H. The number of aryl methyl sites for hydroxylation is 2. The van der Waals surface area contributed by atoms with Gasteiger partial charge < -0.3 is 5.32 Å². The first-order valence-corrected chi connectivity index (χ1v) is 8.24. The molecule has 0 aliphatic rings. The maximum absolute atomic E-state index is 12.3. The van der Waals surface area contributed by atoms with Gasteiger partial charge >= 0.3 is 0 Å². The molecule has 0 fully saturated rings. The monoisotopic (exact) mass is 351 g/mol. The predicted octanol–water partition coefficient (Wildman–Crippen LogP) is 1.91. The number of hydrogen-bond donors (Lipinski definition) is 2. The Kier molecular flexibility index (Phi) is 8.54. The number of rotatable bonds is 8. The van der Waals surface area contributed by atoms with E-state index < -0.39 is 14.9 Å². The summed E-state index contributed by atoms with van der Waals surface area (Å²) >= 11 is 0. The number of benzene rings is 1. The van der Waals surface area contributed by atoms with Crippen molar-refractivity contribution in [1.29, 1.82) is 0 Å². The first-order chi connectivity index (χ1) is 9.81. The fourth-order valence-corrected chi connectivity index (χ4v) is 3.48. The summed E-state index contributed by atoms with van der Waals surface area (Å²) in [4.78, 5) is 10.3. The largest absolute Gasteiger partial charge is 0.315 e. The van der Waals surface area contributed by atoms with Crippen LogP contribution in [0.25, 0.3) is 0 Å². The molecule has 0 spiro atoms. The zero-order valence-electron chi connectivity index (χ0n) is 12.9. The Balaban J connectivity index is 0.00000441. The van der Waals surface area contributed by atoms with E-state index in [1.54, 1.807) is 19.1 Å². The minimum Gasteiger partial charge on any atom is -0.315 e. The van der Waals surface area contributed by atoms with Crippen molar-refractivity contribution in [2.24, 2.45) is 0 Å². The summed E-state index contributed by atoms with van der Waals surface area (Å²) in [6.07, 6.45) is 0.954. The fraction of sp³-hybridized carbons (Fsp3) is 0.538. The molecule has 0 radical (unpaired) electrons. The van der Waals surface area contributed by atoms with Gasteiger partial charge in [-0.1, -0.05) is 19.1 Å². The number of nitro benzene ring substituents is 1. The van der Waals surface area contributed by atoms with Crippen molar-refractivity contribution in [3.63, 3.8) is 0 Å². The van der Waals surface area contributed by atoms with Crippen LogP contribution < -0.4 is 10.0 Å². The normalized spacial score (nSPS) is 11.0. The summed E-state index contributed by atoms with van der Waals surface area (Å²) in [5.41, 5.74) is 0.334. The Morgan fingerprint density at radius 2 is 1.73 bits per heavy atom. The van der Waals surface area contributed by atoms with Crippen LogP contribution in [0.15, 0.2) is 17.0 Å². The van der Waals surface area contributed by atoms with Crippen LogP contribution in [0.4, 0.5) is 5.69 Å². The van der Waals surface area contributed by atoms with Gasteiger partial charge in [-0.15, -0.1) is 12.4 Å². The number of sulfonamides is 1. The molecule has 2 N–H and O–H groups in total. The van der Waals surface area contributed by atoms with Crippen molar-refractivity contribution < 1.29 is 13.3 Å². The lowest BCUT2D eigenvalue weighted by Crippen LogP contribution is -2.33. The highest BCUT2D eigenvalue weighted by molar-refractivity contribution is 7.89. The van der Waals surface area contributed by atoms with E-state index in [9.17, 15) is 18.5 Å². The van der Waals surface area contributed by atoms with E-state index in [-0.39, 0.29) is 29.5 Å². The number of hydrogen-bond acceptors (Lipinski definition) is 5. The van der Waals surface area contributed by atoms with Crippen LogP contribution in [0.3, 0.4) is 0 Å². The smallest absolute Gasteiger partial charge is 0.292 e. The summed E-state index contributed by atoms with van der Waals surface area (Å²) in [5.74, 6) is 0. The van der Waals surface area contributed by atoms with Crippen LogP contribution in [-0.2, 0) is 10.0 Å². The van der Waals surface area contributed by atoms with E-state index in [1.165, 1.54) is 6.92 Å². The highest BCUT2D eigenvalue weighted by atomic mass is 35.5. The number of halogens is 1. The van der Waals surface area contributed by atoms with Gasteiger partial charge in [0.25, 0.3) is 5.69 Å². The summed E-state index contributed by atoms with van der Waals surface area (Å²) in [5, 5.41) is 14.2.